The lowest BCUT2D eigenvalue weighted by Gasteiger charge is -2.21. The van der Waals surface area contributed by atoms with Crippen LogP contribution in [0.4, 0.5) is 10.1 Å². The smallest absolute Gasteiger partial charge is 0.128 e. The molecule has 0 heterocycles. The molecule has 0 aromatic heterocycles. The highest BCUT2D eigenvalue weighted by Gasteiger charge is 2.11. The number of halogens is 1. The number of hydrogen-bond acceptors (Lipinski definition) is 3. The molecule has 0 bridgehead atoms. The molecule has 0 aliphatic carbocycles. The molecule has 1 atom stereocenters. The largest absolute Gasteiger partial charge is 0.507 e. The lowest BCUT2D eigenvalue weighted by atomic mass is 10.1. The van der Waals surface area contributed by atoms with Gasteiger partial charge in [0.25, 0.3) is 0 Å². The van der Waals surface area contributed by atoms with Gasteiger partial charge in [0, 0.05) is 36.5 Å². The highest BCUT2D eigenvalue weighted by molar-refractivity contribution is 5.53. The third-order valence-corrected chi connectivity index (χ3v) is 3.27. The number of aliphatic hydroxyl groups is 1. The number of benzene rings is 2. The van der Waals surface area contributed by atoms with Crippen molar-refractivity contribution in [2.45, 2.75) is 19.6 Å². The number of phenols is 1. The van der Waals surface area contributed by atoms with Gasteiger partial charge in [-0.3, -0.25) is 0 Å². The first-order valence-electron chi connectivity index (χ1n) is 6.44. The molecule has 1 unspecified atom stereocenters. The third kappa shape index (κ3) is 3.08. The van der Waals surface area contributed by atoms with Crippen LogP contribution < -0.4 is 4.90 Å². The van der Waals surface area contributed by atoms with E-state index < -0.39 is 6.10 Å². The summed E-state index contributed by atoms with van der Waals surface area (Å²) in [5.74, 6) is -0.206. The number of anilines is 1. The Hall–Kier alpha value is -2.07. The first-order valence-corrected chi connectivity index (χ1v) is 6.44. The third-order valence-electron chi connectivity index (χ3n) is 3.27. The molecule has 0 saturated heterocycles. The fraction of sp³-hybridized carbons (Fsp3) is 0.250. The van der Waals surface area contributed by atoms with Crippen LogP contribution in [0.5, 0.6) is 5.75 Å². The summed E-state index contributed by atoms with van der Waals surface area (Å²) in [5.41, 5.74) is 1.83. The van der Waals surface area contributed by atoms with Crippen molar-refractivity contribution in [1.82, 2.24) is 0 Å². The van der Waals surface area contributed by atoms with E-state index in [0.717, 1.165) is 5.69 Å². The van der Waals surface area contributed by atoms with Gasteiger partial charge in [0.1, 0.15) is 11.6 Å². The van der Waals surface area contributed by atoms with E-state index >= 15 is 0 Å². The number of aliphatic hydroxyl groups excluding tert-OH is 1. The molecule has 0 radical (unpaired) electrons. The summed E-state index contributed by atoms with van der Waals surface area (Å²) in [4.78, 5) is 1.84. The van der Waals surface area contributed by atoms with Crippen LogP contribution in [0.3, 0.4) is 0 Å². The summed E-state index contributed by atoms with van der Waals surface area (Å²) >= 11 is 0. The second kappa shape index (κ2) is 5.92. The molecule has 106 valence electrons. The van der Waals surface area contributed by atoms with Crippen molar-refractivity contribution in [3.63, 3.8) is 0 Å². The van der Waals surface area contributed by atoms with Gasteiger partial charge >= 0.3 is 0 Å². The van der Waals surface area contributed by atoms with Crippen molar-refractivity contribution in [1.29, 1.82) is 0 Å². The molecule has 2 aromatic carbocycles. The molecule has 0 aliphatic rings. The van der Waals surface area contributed by atoms with Crippen LogP contribution in [0, 0.1) is 5.82 Å². The predicted octanol–water partition coefficient (Wildman–Crippen LogP) is 3.22. The Balaban J connectivity index is 2.20. The van der Waals surface area contributed by atoms with Crippen molar-refractivity contribution >= 4 is 5.69 Å². The number of hydrogen-bond donors (Lipinski definition) is 2. The molecule has 20 heavy (non-hydrogen) atoms. The van der Waals surface area contributed by atoms with E-state index in [0.29, 0.717) is 17.7 Å². The van der Waals surface area contributed by atoms with Gasteiger partial charge in [-0.15, -0.1) is 0 Å². The predicted molar refractivity (Wildman–Crippen MR) is 77.2 cm³/mol. The topological polar surface area (TPSA) is 43.7 Å². The SMILES string of the molecule is CC(O)c1ccc(N(C)Cc2ccccc2F)cc1O. The van der Waals surface area contributed by atoms with Crippen molar-refractivity contribution in [3.05, 3.63) is 59.4 Å². The molecule has 4 heteroatoms. The standard InChI is InChI=1S/C16H18FNO2/c1-11(19)14-8-7-13(9-16(14)20)18(2)10-12-5-3-4-6-15(12)17/h3-9,11,19-20H,10H2,1-2H3. The van der Waals surface area contributed by atoms with Crippen molar-refractivity contribution in [3.8, 4) is 5.75 Å². The van der Waals surface area contributed by atoms with Gasteiger partial charge in [0.15, 0.2) is 0 Å². The second-order valence-electron chi connectivity index (χ2n) is 4.87. The maximum Gasteiger partial charge on any atom is 0.128 e. The second-order valence-corrected chi connectivity index (χ2v) is 4.87. The quantitative estimate of drug-likeness (QED) is 0.900. The average molecular weight is 275 g/mol. The van der Waals surface area contributed by atoms with Gasteiger partial charge in [0.2, 0.25) is 0 Å². The first kappa shape index (κ1) is 14.3. The minimum absolute atomic E-state index is 0.0397. The lowest BCUT2D eigenvalue weighted by Crippen LogP contribution is -2.17. The highest BCUT2D eigenvalue weighted by atomic mass is 19.1. The Morgan fingerprint density at radius 1 is 1.20 bits per heavy atom. The monoisotopic (exact) mass is 275 g/mol. The van der Waals surface area contributed by atoms with Crippen LogP contribution in [-0.4, -0.2) is 17.3 Å². The van der Waals surface area contributed by atoms with Crippen LogP contribution in [0.25, 0.3) is 0 Å². The van der Waals surface area contributed by atoms with E-state index in [-0.39, 0.29) is 11.6 Å². The molecular formula is C16H18FNO2. The van der Waals surface area contributed by atoms with Crippen LogP contribution in [0.1, 0.15) is 24.2 Å². The maximum atomic E-state index is 13.6. The number of nitrogens with zero attached hydrogens (tertiary/aromatic N) is 1. The molecule has 2 rings (SSSR count). The zero-order valence-corrected chi connectivity index (χ0v) is 11.5. The fourth-order valence-electron chi connectivity index (χ4n) is 2.10. The van der Waals surface area contributed by atoms with Crippen LogP contribution in [-0.2, 0) is 6.54 Å². The molecule has 0 fully saturated rings. The molecule has 0 amide bonds. The van der Waals surface area contributed by atoms with E-state index in [1.807, 2.05) is 11.9 Å². The van der Waals surface area contributed by atoms with Crippen molar-refractivity contribution in [2.24, 2.45) is 0 Å². The maximum absolute atomic E-state index is 13.6. The molecule has 2 aromatic rings. The first-order chi connectivity index (χ1) is 9.49. The lowest BCUT2D eigenvalue weighted by molar-refractivity contribution is 0.195. The Bertz CT molecular complexity index is 599. The molecule has 0 aliphatic heterocycles. The van der Waals surface area contributed by atoms with Gasteiger partial charge in [-0.2, -0.15) is 0 Å². The summed E-state index contributed by atoms with van der Waals surface area (Å²) in [6.45, 7) is 2.00. The van der Waals surface area contributed by atoms with E-state index in [1.165, 1.54) is 6.07 Å². The van der Waals surface area contributed by atoms with Crippen molar-refractivity contribution < 1.29 is 14.6 Å². The minimum Gasteiger partial charge on any atom is -0.507 e. The zero-order valence-electron chi connectivity index (χ0n) is 11.5. The Morgan fingerprint density at radius 3 is 2.50 bits per heavy atom. The Kier molecular flexibility index (Phi) is 4.25. The van der Waals surface area contributed by atoms with Gasteiger partial charge in [-0.25, -0.2) is 4.39 Å². The van der Waals surface area contributed by atoms with E-state index in [4.69, 9.17) is 0 Å². The highest BCUT2D eigenvalue weighted by Crippen LogP contribution is 2.29. The van der Waals surface area contributed by atoms with Crippen LogP contribution in [0.2, 0.25) is 0 Å². The van der Waals surface area contributed by atoms with E-state index in [9.17, 15) is 14.6 Å². The van der Waals surface area contributed by atoms with Gasteiger partial charge < -0.3 is 15.1 Å². The normalized spacial score (nSPS) is 12.2. The minimum atomic E-state index is -0.721. The van der Waals surface area contributed by atoms with E-state index in [1.54, 1.807) is 43.3 Å². The summed E-state index contributed by atoms with van der Waals surface area (Å²) in [6.07, 6.45) is -0.721. The van der Waals surface area contributed by atoms with Crippen LogP contribution in [0.15, 0.2) is 42.5 Å². The number of aromatic hydroxyl groups is 1. The molecule has 3 nitrogen and oxygen atoms in total. The Labute approximate surface area is 117 Å². The summed E-state index contributed by atoms with van der Waals surface area (Å²) in [5, 5.41) is 19.4. The summed E-state index contributed by atoms with van der Waals surface area (Å²) in [6, 6.07) is 11.6. The van der Waals surface area contributed by atoms with Crippen molar-refractivity contribution in [2.75, 3.05) is 11.9 Å². The molecular weight excluding hydrogens is 257 g/mol. The molecule has 2 N–H and O–H groups in total. The summed E-state index contributed by atoms with van der Waals surface area (Å²) in [7, 11) is 1.82. The molecule has 0 saturated carbocycles. The molecule has 0 spiro atoms. The summed E-state index contributed by atoms with van der Waals surface area (Å²) < 4.78 is 13.6. The number of phenolic OH excluding ortho intramolecular Hbond substituents is 1. The van der Waals surface area contributed by atoms with Crippen LogP contribution >= 0.6 is 0 Å². The fourth-order valence-corrected chi connectivity index (χ4v) is 2.10. The average Bonchev–Trinajstić information content (AvgIpc) is 2.40. The van der Waals surface area contributed by atoms with E-state index in [2.05, 4.69) is 0 Å². The zero-order chi connectivity index (χ0) is 14.7. The number of rotatable bonds is 4. The Morgan fingerprint density at radius 2 is 1.90 bits per heavy atom. The van der Waals surface area contributed by atoms with Gasteiger partial charge in [-0.1, -0.05) is 24.3 Å². The van der Waals surface area contributed by atoms with Gasteiger partial charge in [0.05, 0.1) is 6.10 Å². The van der Waals surface area contributed by atoms with Gasteiger partial charge in [-0.05, 0) is 19.1 Å².